The minimum atomic E-state index is -0.803. The third-order valence-corrected chi connectivity index (χ3v) is 6.19. The largest absolute Gasteiger partial charge is 0.465 e. The van der Waals surface area contributed by atoms with Crippen LogP contribution in [0.15, 0.2) is 61.3 Å². The van der Waals surface area contributed by atoms with Crippen LogP contribution >= 0.6 is 11.3 Å². The van der Waals surface area contributed by atoms with Gasteiger partial charge in [-0.15, -0.1) is 11.3 Å². The van der Waals surface area contributed by atoms with Gasteiger partial charge in [0.05, 0.1) is 19.4 Å². The van der Waals surface area contributed by atoms with Gasteiger partial charge in [-0.1, -0.05) is 39.1 Å². The third-order valence-electron chi connectivity index (χ3n) is 5.26. The second-order valence-corrected chi connectivity index (χ2v) is 8.46. The Balaban J connectivity index is 0.000000659. The van der Waals surface area contributed by atoms with E-state index in [9.17, 15) is 14.4 Å². The molecule has 2 aromatic rings. The molecule has 2 heterocycles. The highest BCUT2D eigenvalue weighted by atomic mass is 32.1. The number of aryl methyl sites for hydroxylation is 1. The van der Waals surface area contributed by atoms with E-state index in [2.05, 4.69) is 41.0 Å². The van der Waals surface area contributed by atoms with Crippen LogP contribution < -0.4 is 15.5 Å². The van der Waals surface area contributed by atoms with Crippen molar-refractivity contribution in [1.29, 1.82) is 0 Å². The Morgan fingerprint density at radius 3 is 2.49 bits per heavy atom. The van der Waals surface area contributed by atoms with Crippen LogP contribution in [0.25, 0.3) is 0 Å². The zero-order valence-electron chi connectivity index (χ0n) is 22.3. The van der Waals surface area contributed by atoms with Crippen LogP contribution in [0.3, 0.4) is 0 Å². The van der Waals surface area contributed by atoms with Gasteiger partial charge in [-0.25, -0.2) is 9.59 Å². The number of ether oxygens (including phenoxy) is 2. The molecule has 0 radical (unpaired) electrons. The third kappa shape index (κ3) is 8.35. The van der Waals surface area contributed by atoms with Crippen molar-refractivity contribution in [1.82, 2.24) is 0 Å². The van der Waals surface area contributed by atoms with Crippen LogP contribution in [0.5, 0.6) is 0 Å². The number of esters is 2. The zero-order valence-corrected chi connectivity index (χ0v) is 23.1. The molecule has 0 fully saturated rings. The maximum absolute atomic E-state index is 11.8. The lowest BCUT2D eigenvalue weighted by Crippen LogP contribution is -2.28. The normalized spacial score (nSPS) is 11.9. The number of nitrogen functional groups attached to an aromatic ring is 1. The predicted octanol–water partition coefficient (Wildman–Crippen LogP) is 5.67. The molecular weight excluding hydrogens is 490 g/mol. The summed E-state index contributed by atoms with van der Waals surface area (Å²) in [4.78, 5) is 35.8. The van der Waals surface area contributed by atoms with E-state index in [0.29, 0.717) is 9.88 Å². The molecule has 1 aromatic heterocycles. The fourth-order valence-electron chi connectivity index (χ4n) is 3.60. The van der Waals surface area contributed by atoms with E-state index in [-0.39, 0.29) is 18.9 Å². The predicted molar refractivity (Wildman–Crippen MR) is 153 cm³/mol. The van der Waals surface area contributed by atoms with Crippen molar-refractivity contribution in [3.63, 3.8) is 0 Å². The van der Waals surface area contributed by atoms with Gasteiger partial charge in [0.1, 0.15) is 9.88 Å². The SMILES string of the molecule is C=C/C=C(\C=C)N1CCCc2ccc(N(C)c3cc(C(=O)OC)sc3N)cc21.CC.CCOC(=O)C=O. The molecule has 9 heteroatoms. The van der Waals surface area contributed by atoms with E-state index < -0.39 is 5.97 Å². The van der Waals surface area contributed by atoms with Gasteiger partial charge in [-0.2, -0.15) is 0 Å². The summed E-state index contributed by atoms with van der Waals surface area (Å²) in [6.07, 6.45) is 7.88. The maximum atomic E-state index is 11.8. The Labute approximate surface area is 223 Å². The Morgan fingerprint density at radius 1 is 1.24 bits per heavy atom. The number of nitrogens with zero attached hydrogens (tertiary/aromatic N) is 2. The number of hydrogen-bond donors (Lipinski definition) is 1. The van der Waals surface area contributed by atoms with E-state index in [1.165, 1.54) is 24.0 Å². The number of rotatable bonds is 8. The Morgan fingerprint density at radius 2 is 1.95 bits per heavy atom. The van der Waals surface area contributed by atoms with Gasteiger partial charge in [0.25, 0.3) is 0 Å². The smallest absolute Gasteiger partial charge is 0.371 e. The van der Waals surface area contributed by atoms with E-state index >= 15 is 0 Å². The highest BCUT2D eigenvalue weighted by Gasteiger charge is 2.22. The fourth-order valence-corrected chi connectivity index (χ4v) is 4.48. The molecule has 0 saturated heterocycles. The van der Waals surface area contributed by atoms with Crippen LogP contribution in [-0.2, 0) is 25.5 Å². The van der Waals surface area contributed by atoms with E-state index in [1.54, 1.807) is 19.1 Å². The standard InChI is InChI=1S/C22H25N3O2S.C4H6O3.C2H6/c1-5-8-16(6-2)25-12-7-9-15-10-11-17(13-18(15)25)24(3)19-14-20(22(26)27-4)28-21(19)23;1-2-7-4(6)3-5;1-2/h5-6,8,10-11,13-14H,1-2,7,9,12,23H2,3-4H3;3H,2H2,1H3;1-2H3/b16-8+;;. The first-order valence-corrected chi connectivity index (χ1v) is 12.8. The summed E-state index contributed by atoms with van der Waals surface area (Å²) in [5.41, 5.74) is 11.4. The number of carbonyl (C=O) groups excluding carboxylic acids is 3. The summed E-state index contributed by atoms with van der Waals surface area (Å²) in [6, 6.07) is 8.17. The molecule has 37 heavy (non-hydrogen) atoms. The number of anilines is 4. The lowest BCUT2D eigenvalue weighted by atomic mass is 10.00. The summed E-state index contributed by atoms with van der Waals surface area (Å²) in [7, 11) is 3.32. The fraction of sp³-hybridized carbons (Fsp3) is 0.321. The maximum Gasteiger partial charge on any atom is 0.371 e. The highest BCUT2D eigenvalue weighted by Crippen LogP contribution is 2.39. The first kappa shape index (κ1) is 31.2. The highest BCUT2D eigenvalue weighted by molar-refractivity contribution is 7.18. The Kier molecular flexibility index (Phi) is 13.5. The van der Waals surface area contributed by atoms with Crippen LogP contribution in [0, 0.1) is 0 Å². The molecular formula is C28H37N3O5S. The van der Waals surface area contributed by atoms with Crippen molar-refractivity contribution in [3.05, 3.63) is 71.8 Å². The minimum Gasteiger partial charge on any atom is -0.465 e. The van der Waals surface area contributed by atoms with E-state index in [4.69, 9.17) is 10.5 Å². The van der Waals surface area contributed by atoms with Crippen molar-refractivity contribution >= 4 is 51.6 Å². The number of allylic oxidation sites excluding steroid dienone is 3. The van der Waals surface area contributed by atoms with Crippen molar-refractivity contribution < 1.29 is 23.9 Å². The summed E-state index contributed by atoms with van der Waals surface area (Å²) in [5.74, 6) is -1.18. The first-order chi connectivity index (χ1) is 17.8. The second-order valence-electron chi connectivity index (χ2n) is 7.38. The van der Waals surface area contributed by atoms with Gasteiger partial charge >= 0.3 is 11.9 Å². The summed E-state index contributed by atoms with van der Waals surface area (Å²) < 4.78 is 8.99. The van der Waals surface area contributed by atoms with Gasteiger partial charge in [0.2, 0.25) is 6.29 Å². The average molecular weight is 528 g/mol. The van der Waals surface area contributed by atoms with Crippen molar-refractivity contribution in [2.75, 3.05) is 42.8 Å². The van der Waals surface area contributed by atoms with Crippen molar-refractivity contribution in [2.24, 2.45) is 0 Å². The number of fused-ring (bicyclic) bond motifs is 1. The number of carbonyl (C=O) groups is 3. The number of nitrogens with two attached hydrogens (primary N) is 1. The molecule has 0 bridgehead atoms. The quantitative estimate of drug-likeness (QED) is 0.203. The molecule has 0 amide bonds. The molecule has 2 N–H and O–H groups in total. The molecule has 0 atom stereocenters. The first-order valence-electron chi connectivity index (χ1n) is 12.0. The van der Waals surface area contributed by atoms with Crippen molar-refractivity contribution in [2.45, 2.75) is 33.6 Å². The van der Waals surface area contributed by atoms with Gasteiger partial charge in [0.15, 0.2) is 0 Å². The monoisotopic (exact) mass is 527 g/mol. The van der Waals surface area contributed by atoms with Crippen LogP contribution in [0.1, 0.15) is 42.4 Å². The molecule has 0 unspecified atom stereocenters. The molecule has 3 rings (SSSR count). The number of benzene rings is 1. The number of aldehydes is 1. The number of methoxy groups -OCH3 is 1. The molecule has 1 aliphatic heterocycles. The average Bonchev–Trinajstić information content (AvgIpc) is 3.33. The van der Waals surface area contributed by atoms with E-state index in [0.717, 1.165) is 42.1 Å². The van der Waals surface area contributed by atoms with Crippen LogP contribution in [0.2, 0.25) is 0 Å². The molecule has 1 aromatic carbocycles. The Hall–Kier alpha value is -3.85. The molecule has 8 nitrogen and oxygen atoms in total. The van der Waals surface area contributed by atoms with E-state index in [1.807, 2.05) is 37.9 Å². The molecule has 0 saturated carbocycles. The van der Waals surface area contributed by atoms with Crippen LogP contribution in [-0.4, -0.2) is 45.5 Å². The molecule has 0 spiro atoms. The lowest BCUT2D eigenvalue weighted by molar-refractivity contribution is -0.148. The molecule has 0 aliphatic carbocycles. The topological polar surface area (TPSA) is 102 Å². The van der Waals surface area contributed by atoms with Gasteiger partial charge in [-0.3, -0.25) is 4.79 Å². The summed E-state index contributed by atoms with van der Waals surface area (Å²) in [6.45, 7) is 14.6. The van der Waals surface area contributed by atoms with Crippen LogP contribution in [0.4, 0.5) is 22.1 Å². The lowest BCUT2D eigenvalue weighted by Gasteiger charge is -2.33. The van der Waals surface area contributed by atoms with Gasteiger partial charge in [0, 0.05) is 30.7 Å². The zero-order chi connectivity index (χ0) is 28.0. The summed E-state index contributed by atoms with van der Waals surface area (Å²) >= 11 is 1.23. The molecule has 200 valence electrons. The number of thiophene rings is 1. The summed E-state index contributed by atoms with van der Waals surface area (Å²) in [5, 5.41) is 0.579. The Bertz CT molecular complexity index is 1120. The minimum absolute atomic E-state index is 0.142. The van der Waals surface area contributed by atoms with Gasteiger partial charge < -0.3 is 25.0 Å². The second kappa shape index (κ2) is 16.0. The van der Waals surface area contributed by atoms with Gasteiger partial charge in [-0.05, 0) is 55.7 Å². The number of hydrogen-bond acceptors (Lipinski definition) is 9. The molecule has 1 aliphatic rings. The van der Waals surface area contributed by atoms with Crippen molar-refractivity contribution in [3.8, 4) is 0 Å².